The van der Waals surface area contributed by atoms with E-state index in [0.717, 1.165) is 7.05 Å². The minimum atomic E-state index is -4.76. The highest BCUT2D eigenvalue weighted by molar-refractivity contribution is 6.33. The van der Waals surface area contributed by atoms with E-state index in [0.29, 0.717) is 19.8 Å². The molecule has 3 aromatic rings. The third-order valence-corrected chi connectivity index (χ3v) is 4.45. The van der Waals surface area contributed by atoms with E-state index in [1.807, 2.05) is 0 Å². The molecule has 12 heteroatoms. The molecule has 29 heavy (non-hydrogen) atoms. The van der Waals surface area contributed by atoms with Crippen molar-refractivity contribution in [2.24, 2.45) is 7.05 Å². The Morgan fingerprint density at radius 2 is 2.00 bits per heavy atom. The van der Waals surface area contributed by atoms with Crippen LogP contribution >= 0.6 is 11.6 Å². The number of nitrogens with one attached hydrogen (secondary N) is 1. The summed E-state index contributed by atoms with van der Waals surface area (Å²) < 4.78 is 44.6. The standard InChI is InChI=1S/C17H15ClF3N5O3/c1-9-12(13(24-29-9)10-5-3-4-6-11(10)18)14(27)22-7-8-26-16(28)25(2)15(23-26)17(19,20)21/h3-6H,7-8H2,1-2H3,(H,22,27). The van der Waals surface area contributed by atoms with Crippen molar-refractivity contribution < 1.29 is 22.5 Å². The molecule has 0 aliphatic heterocycles. The van der Waals surface area contributed by atoms with Gasteiger partial charge in [0, 0.05) is 19.2 Å². The molecule has 3 rings (SSSR count). The summed E-state index contributed by atoms with van der Waals surface area (Å²) in [6.07, 6.45) is -4.76. The number of aromatic nitrogens is 4. The first-order valence-electron chi connectivity index (χ1n) is 8.31. The lowest BCUT2D eigenvalue weighted by Crippen LogP contribution is -2.32. The average molecular weight is 430 g/mol. The van der Waals surface area contributed by atoms with Gasteiger partial charge in [0.05, 0.1) is 11.6 Å². The second-order valence-corrected chi connectivity index (χ2v) is 6.49. The Kier molecular flexibility index (Phi) is 5.51. The summed E-state index contributed by atoms with van der Waals surface area (Å²) in [6, 6.07) is 6.74. The Bertz CT molecular complexity index is 1120. The maximum atomic E-state index is 12.8. The van der Waals surface area contributed by atoms with Crippen LogP contribution < -0.4 is 11.0 Å². The predicted molar refractivity (Wildman–Crippen MR) is 96.5 cm³/mol. The zero-order valence-electron chi connectivity index (χ0n) is 15.2. The van der Waals surface area contributed by atoms with Gasteiger partial charge in [0.15, 0.2) is 0 Å². The minimum Gasteiger partial charge on any atom is -0.360 e. The number of nitrogens with zero attached hydrogens (tertiary/aromatic N) is 4. The van der Waals surface area contributed by atoms with Crippen LogP contribution in [0.1, 0.15) is 21.9 Å². The Morgan fingerprint density at radius 1 is 1.31 bits per heavy atom. The van der Waals surface area contributed by atoms with Crippen LogP contribution in [0.4, 0.5) is 13.2 Å². The molecule has 2 aromatic heterocycles. The van der Waals surface area contributed by atoms with Crippen LogP contribution in [0.5, 0.6) is 0 Å². The van der Waals surface area contributed by atoms with Crippen molar-refractivity contribution in [2.45, 2.75) is 19.6 Å². The first-order chi connectivity index (χ1) is 13.6. The van der Waals surface area contributed by atoms with Gasteiger partial charge in [-0.25, -0.2) is 9.48 Å². The lowest BCUT2D eigenvalue weighted by molar-refractivity contribution is -0.147. The van der Waals surface area contributed by atoms with Gasteiger partial charge in [-0.2, -0.15) is 13.2 Å². The summed E-state index contributed by atoms with van der Waals surface area (Å²) in [4.78, 5) is 24.5. The lowest BCUT2D eigenvalue weighted by atomic mass is 10.1. The number of alkyl halides is 3. The van der Waals surface area contributed by atoms with Gasteiger partial charge >= 0.3 is 11.9 Å². The van der Waals surface area contributed by atoms with Crippen molar-refractivity contribution in [2.75, 3.05) is 6.54 Å². The molecular formula is C17H15ClF3N5O3. The van der Waals surface area contributed by atoms with Crippen LogP contribution in [0.25, 0.3) is 11.3 Å². The van der Waals surface area contributed by atoms with Crippen LogP contribution in [-0.4, -0.2) is 32.0 Å². The number of aryl methyl sites for hydroxylation is 1. The topological polar surface area (TPSA) is 94.9 Å². The molecular weight excluding hydrogens is 415 g/mol. The molecule has 0 atom stereocenters. The fraction of sp³-hybridized carbons (Fsp3) is 0.294. The zero-order chi connectivity index (χ0) is 21.3. The van der Waals surface area contributed by atoms with E-state index < -0.39 is 23.6 Å². The Morgan fingerprint density at radius 3 is 2.62 bits per heavy atom. The fourth-order valence-corrected chi connectivity index (χ4v) is 2.95. The monoisotopic (exact) mass is 429 g/mol. The molecule has 0 fully saturated rings. The molecule has 2 heterocycles. The van der Waals surface area contributed by atoms with E-state index in [-0.39, 0.29) is 30.1 Å². The average Bonchev–Trinajstić information content (AvgIpc) is 3.16. The van der Waals surface area contributed by atoms with Crippen molar-refractivity contribution in [3.05, 3.63) is 56.9 Å². The van der Waals surface area contributed by atoms with Gasteiger partial charge in [-0.1, -0.05) is 35.0 Å². The summed E-state index contributed by atoms with van der Waals surface area (Å²) in [6.45, 7) is 1.15. The van der Waals surface area contributed by atoms with Crippen molar-refractivity contribution in [3.63, 3.8) is 0 Å². The Hall–Kier alpha value is -3.08. The van der Waals surface area contributed by atoms with E-state index in [2.05, 4.69) is 15.6 Å². The van der Waals surface area contributed by atoms with E-state index in [4.69, 9.17) is 16.1 Å². The van der Waals surface area contributed by atoms with Crippen LogP contribution in [-0.2, 0) is 19.8 Å². The van der Waals surface area contributed by atoms with Gasteiger partial charge < -0.3 is 9.84 Å². The number of halogens is 4. The largest absolute Gasteiger partial charge is 0.451 e. The first-order valence-corrected chi connectivity index (χ1v) is 8.69. The molecule has 0 unspecified atom stereocenters. The smallest absolute Gasteiger partial charge is 0.360 e. The first kappa shape index (κ1) is 20.6. The number of amides is 1. The van der Waals surface area contributed by atoms with Crippen LogP contribution in [0.3, 0.4) is 0 Å². The molecule has 154 valence electrons. The molecule has 0 saturated carbocycles. The fourth-order valence-electron chi connectivity index (χ4n) is 2.72. The minimum absolute atomic E-state index is 0.139. The number of hydrogen-bond donors (Lipinski definition) is 1. The van der Waals surface area contributed by atoms with Gasteiger partial charge in [0.1, 0.15) is 17.0 Å². The Labute approximate surface area is 166 Å². The lowest BCUT2D eigenvalue weighted by Gasteiger charge is -2.06. The summed E-state index contributed by atoms with van der Waals surface area (Å²) in [7, 11) is 0.976. The normalized spacial score (nSPS) is 11.7. The Balaban J connectivity index is 1.76. The molecule has 0 aliphatic rings. The maximum absolute atomic E-state index is 12.8. The van der Waals surface area contributed by atoms with Gasteiger partial charge in [-0.3, -0.25) is 9.36 Å². The van der Waals surface area contributed by atoms with E-state index >= 15 is 0 Å². The molecule has 0 bridgehead atoms. The second-order valence-electron chi connectivity index (χ2n) is 6.08. The summed E-state index contributed by atoms with van der Waals surface area (Å²) >= 11 is 6.15. The molecule has 0 saturated heterocycles. The SMILES string of the molecule is Cc1onc(-c2ccccc2Cl)c1C(=O)NCCn1nc(C(F)(F)F)n(C)c1=O. The van der Waals surface area contributed by atoms with Crippen LogP contribution in [0, 0.1) is 6.92 Å². The third kappa shape index (κ3) is 4.04. The molecule has 1 N–H and O–H groups in total. The van der Waals surface area contributed by atoms with E-state index in [1.165, 1.54) is 0 Å². The highest BCUT2D eigenvalue weighted by Gasteiger charge is 2.38. The molecule has 8 nitrogen and oxygen atoms in total. The van der Waals surface area contributed by atoms with Gasteiger partial charge in [0.2, 0.25) is 5.82 Å². The molecule has 0 spiro atoms. The molecule has 1 aromatic carbocycles. The predicted octanol–water partition coefficient (Wildman–Crippen LogP) is 2.65. The van der Waals surface area contributed by atoms with E-state index in [1.54, 1.807) is 31.2 Å². The third-order valence-electron chi connectivity index (χ3n) is 4.12. The van der Waals surface area contributed by atoms with Gasteiger partial charge in [0.25, 0.3) is 5.91 Å². The van der Waals surface area contributed by atoms with Crippen molar-refractivity contribution >= 4 is 17.5 Å². The van der Waals surface area contributed by atoms with Crippen molar-refractivity contribution in [1.29, 1.82) is 0 Å². The van der Waals surface area contributed by atoms with Crippen LogP contribution in [0.2, 0.25) is 5.02 Å². The van der Waals surface area contributed by atoms with Crippen molar-refractivity contribution in [1.82, 2.24) is 24.8 Å². The zero-order valence-corrected chi connectivity index (χ0v) is 16.0. The number of hydrogen-bond acceptors (Lipinski definition) is 5. The highest BCUT2D eigenvalue weighted by atomic mass is 35.5. The summed E-state index contributed by atoms with van der Waals surface area (Å²) in [5.41, 5.74) is -0.0705. The van der Waals surface area contributed by atoms with Gasteiger partial charge in [-0.05, 0) is 13.0 Å². The quantitative estimate of drug-likeness (QED) is 0.672. The number of benzene rings is 1. The molecule has 1 amide bonds. The second kappa shape index (κ2) is 7.74. The highest BCUT2D eigenvalue weighted by Crippen LogP contribution is 2.31. The van der Waals surface area contributed by atoms with Gasteiger partial charge in [-0.15, -0.1) is 5.10 Å². The molecule has 0 aliphatic carbocycles. The van der Waals surface area contributed by atoms with Crippen molar-refractivity contribution in [3.8, 4) is 11.3 Å². The van der Waals surface area contributed by atoms with Crippen LogP contribution in [0.15, 0.2) is 33.6 Å². The maximum Gasteiger partial charge on any atom is 0.451 e. The number of carbonyl (C=O) groups is 1. The molecule has 0 radical (unpaired) electrons. The summed E-state index contributed by atoms with van der Waals surface area (Å²) in [5.74, 6) is -1.64. The number of carbonyl (C=O) groups excluding carboxylic acids is 1. The number of rotatable bonds is 5. The van der Waals surface area contributed by atoms with E-state index in [9.17, 15) is 22.8 Å². The summed E-state index contributed by atoms with van der Waals surface area (Å²) in [5, 5.41) is 10.0.